The predicted molar refractivity (Wildman–Crippen MR) is 92.9 cm³/mol. The number of ether oxygens (including phenoxy) is 2. The van der Waals surface area contributed by atoms with E-state index in [1.54, 1.807) is 24.3 Å². The number of allylic oxidation sites excluding steroid dienone is 2. The second kappa shape index (κ2) is 7.64. The number of carbonyl (C=O) groups excluding carboxylic acids is 3. The van der Waals surface area contributed by atoms with Gasteiger partial charge in [0.05, 0.1) is 14.2 Å². The zero-order valence-electron chi connectivity index (χ0n) is 15.1. The predicted octanol–water partition coefficient (Wildman–Crippen LogP) is 3.19. The first kappa shape index (κ1) is 18.9. The minimum Gasteiger partial charge on any atom is -0.468 e. The van der Waals surface area contributed by atoms with Crippen LogP contribution in [0, 0.1) is 17.3 Å². The lowest BCUT2D eigenvalue weighted by Gasteiger charge is -2.23. The van der Waals surface area contributed by atoms with Crippen LogP contribution in [0.1, 0.15) is 37.0 Å². The second-order valence-corrected chi connectivity index (χ2v) is 6.72. The third-order valence-electron chi connectivity index (χ3n) is 4.76. The van der Waals surface area contributed by atoms with E-state index < -0.39 is 23.3 Å². The molecule has 1 saturated carbocycles. The zero-order valence-corrected chi connectivity index (χ0v) is 15.1. The summed E-state index contributed by atoms with van der Waals surface area (Å²) < 4.78 is 9.75. The third-order valence-corrected chi connectivity index (χ3v) is 4.76. The largest absolute Gasteiger partial charge is 0.468 e. The third kappa shape index (κ3) is 3.65. The molecular formula is C20H24O5. The smallest absolute Gasteiger partial charge is 0.323 e. The van der Waals surface area contributed by atoms with Crippen molar-refractivity contribution in [1.82, 2.24) is 0 Å². The van der Waals surface area contributed by atoms with Crippen molar-refractivity contribution < 1.29 is 23.9 Å². The van der Waals surface area contributed by atoms with E-state index in [9.17, 15) is 14.4 Å². The van der Waals surface area contributed by atoms with Crippen LogP contribution in [0.5, 0.6) is 0 Å². The maximum Gasteiger partial charge on any atom is 0.323 e. The van der Waals surface area contributed by atoms with Gasteiger partial charge in [0, 0.05) is 11.5 Å². The van der Waals surface area contributed by atoms with Crippen molar-refractivity contribution in [2.24, 2.45) is 17.3 Å². The van der Waals surface area contributed by atoms with Gasteiger partial charge in [-0.2, -0.15) is 0 Å². The van der Waals surface area contributed by atoms with Gasteiger partial charge >= 0.3 is 11.9 Å². The molecule has 1 aliphatic rings. The van der Waals surface area contributed by atoms with Gasteiger partial charge in [0.25, 0.3) is 0 Å². The molecule has 1 aliphatic carbocycles. The number of hydrogen-bond acceptors (Lipinski definition) is 5. The lowest BCUT2D eigenvalue weighted by molar-refractivity contribution is -0.168. The first-order chi connectivity index (χ1) is 11.9. The van der Waals surface area contributed by atoms with Crippen molar-refractivity contribution in [3.05, 3.63) is 47.5 Å². The lowest BCUT2D eigenvalue weighted by atomic mass is 9.84. The molecule has 0 unspecified atom stereocenters. The van der Waals surface area contributed by atoms with Crippen molar-refractivity contribution >= 4 is 17.7 Å². The molecule has 1 fully saturated rings. The summed E-state index contributed by atoms with van der Waals surface area (Å²) in [5.41, 5.74) is 0.168. The highest BCUT2D eigenvalue weighted by Gasteiger charge is 2.58. The van der Waals surface area contributed by atoms with Gasteiger partial charge in [0.1, 0.15) is 0 Å². The summed E-state index contributed by atoms with van der Waals surface area (Å²) in [5.74, 6) is -2.06. The minimum atomic E-state index is -1.44. The molecule has 5 nitrogen and oxygen atoms in total. The van der Waals surface area contributed by atoms with Gasteiger partial charge in [0.2, 0.25) is 0 Å². The Morgan fingerprint density at radius 3 is 2.04 bits per heavy atom. The molecule has 0 amide bonds. The van der Waals surface area contributed by atoms with Crippen molar-refractivity contribution in [2.45, 2.75) is 26.7 Å². The van der Waals surface area contributed by atoms with Crippen molar-refractivity contribution in [3.8, 4) is 0 Å². The van der Waals surface area contributed by atoms with E-state index in [0.717, 1.165) is 5.57 Å². The Morgan fingerprint density at radius 2 is 1.56 bits per heavy atom. The summed E-state index contributed by atoms with van der Waals surface area (Å²) in [7, 11) is 2.49. The van der Waals surface area contributed by atoms with E-state index in [4.69, 9.17) is 9.47 Å². The first-order valence-corrected chi connectivity index (χ1v) is 8.27. The lowest BCUT2D eigenvalue weighted by Crippen LogP contribution is -2.39. The molecular weight excluding hydrogens is 320 g/mol. The van der Waals surface area contributed by atoms with Crippen LogP contribution in [-0.4, -0.2) is 31.9 Å². The van der Waals surface area contributed by atoms with Gasteiger partial charge in [-0.1, -0.05) is 42.0 Å². The molecule has 0 bridgehead atoms. The van der Waals surface area contributed by atoms with E-state index >= 15 is 0 Å². The van der Waals surface area contributed by atoms with Crippen LogP contribution >= 0.6 is 0 Å². The van der Waals surface area contributed by atoms with E-state index in [2.05, 4.69) is 0 Å². The fourth-order valence-corrected chi connectivity index (χ4v) is 3.67. The molecule has 1 aromatic carbocycles. The van der Waals surface area contributed by atoms with Gasteiger partial charge < -0.3 is 9.47 Å². The molecule has 0 radical (unpaired) electrons. The molecule has 0 aromatic heterocycles. The molecule has 0 N–H and O–H groups in total. The maximum absolute atomic E-state index is 13.0. The minimum absolute atomic E-state index is 0.0715. The number of carbonyl (C=O) groups is 3. The summed E-state index contributed by atoms with van der Waals surface area (Å²) in [6.45, 7) is 3.86. The molecule has 2 rings (SSSR count). The van der Waals surface area contributed by atoms with Crippen LogP contribution in [-0.2, 0) is 19.1 Å². The van der Waals surface area contributed by atoms with Crippen LogP contribution in [0.3, 0.4) is 0 Å². The van der Waals surface area contributed by atoms with E-state index in [0.29, 0.717) is 5.56 Å². The number of benzene rings is 1. The highest BCUT2D eigenvalue weighted by Crippen LogP contribution is 2.49. The van der Waals surface area contributed by atoms with Crippen molar-refractivity contribution in [3.63, 3.8) is 0 Å². The highest BCUT2D eigenvalue weighted by molar-refractivity contribution is 6.04. The summed E-state index contributed by atoms with van der Waals surface area (Å²) in [6, 6.07) is 8.93. The molecule has 5 heteroatoms. The fourth-order valence-electron chi connectivity index (χ4n) is 3.67. The van der Waals surface area contributed by atoms with E-state index in [-0.39, 0.29) is 24.5 Å². The van der Waals surface area contributed by atoms with Crippen LogP contribution in [0.25, 0.3) is 0 Å². The summed E-state index contributed by atoms with van der Waals surface area (Å²) in [4.78, 5) is 37.8. The van der Waals surface area contributed by atoms with Crippen LogP contribution in [0.4, 0.5) is 0 Å². The zero-order chi connectivity index (χ0) is 18.6. The average molecular weight is 344 g/mol. The van der Waals surface area contributed by atoms with Gasteiger partial charge in [-0.25, -0.2) is 0 Å². The quantitative estimate of drug-likeness (QED) is 0.355. The molecule has 0 saturated heterocycles. The molecule has 134 valence electrons. The number of ketones is 1. The Hall–Kier alpha value is -2.43. The van der Waals surface area contributed by atoms with Gasteiger partial charge in [-0.3, -0.25) is 14.4 Å². The molecule has 0 spiro atoms. The molecule has 1 aromatic rings. The van der Waals surface area contributed by atoms with E-state index in [1.165, 1.54) is 14.2 Å². The number of hydrogen-bond donors (Lipinski definition) is 0. The SMILES string of the molecule is COC(=O)C1(C(=O)OC)C[C@@H](C=C(C)C)[C@H](C(=O)c2ccccc2)C1. The molecule has 2 atom stereocenters. The number of rotatable bonds is 5. The van der Waals surface area contributed by atoms with Crippen LogP contribution in [0.15, 0.2) is 42.0 Å². The second-order valence-electron chi connectivity index (χ2n) is 6.72. The summed E-state index contributed by atoms with van der Waals surface area (Å²) in [5, 5.41) is 0. The van der Waals surface area contributed by atoms with Gasteiger partial charge in [-0.05, 0) is 32.6 Å². The van der Waals surface area contributed by atoms with Gasteiger partial charge in [0.15, 0.2) is 11.2 Å². The maximum atomic E-state index is 13.0. The molecule has 25 heavy (non-hydrogen) atoms. The Kier molecular flexibility index (Phi) is 5.77. The average Bonchev–Trinajstić information content (AvgIpc) is 3.00. The standard InChI is InChI=1S/C20H24O5/c1-13(2)10-15-11-20(18(22)24-3,19(23)25-4)12-16(15)17(21)14-8-6-5-7-9-14/h5-10,15-16H,11-12H2,1-4H3/t15-,16-/m1/s1. The Bertz CT molecular complexity index is 669. The van der Waals surface area contributed by atoms with Crippen LogP contribution in [0.2, 0.25) is 0 Å². The summed E-state index contributed by atoms with van der Waals surface area (Å²) >= 11 is 0. The van der Waals surface area contributed by atoms with Crippen molar-refractivity contribution in [1.29, 1.82) is 0 Å². The molecule has 0 aliphatic heterocycles. The number of methoxy groups -OCH3 is 2. The fraction of sp³-hybridized carbons (Fsp3) is 0.450. The molecule has 0 heterocycles. The van der Waals surface area contributed by atoms with Crippen molar-refractivity contribution in [2.75, 3.05) is 14.2 Å². The topological polar surface area (TPSA) is 69.7 Å². The van der Waals surface area contributed by atoms with E-state index in [1.807, 2.05) is 26.0 Å². The Balaban J connectivity index is 2.46. The summed E-state index contributed by atoms with van der Waals surface area (Å²) in [6.07, 6.45) is 2.26. The Morgan fingerprint density at radius 1 is 1.00 bits per heavy atom. The highest BCUT2D eigenvalue weighted by atomic mass is 16.5. The monoisotopic (exact) mass is 344 g/mol. The first-order valence-electron chi connectivity index (χ1n) is 8.27. The normalized spacial score (nSPS) is 21.3. The number of esters is 2. The Labute approximate surface area is 148 Å². The van der Waals surface area contributed by atoms with Crippen LogP contribution < -0.4 is 0 Å². The van der Waals surface area contributed by atoms with Gasteiger partial charge in [-0.15, -0.1) is 0 Å². The number of Topliss-reactive ketones (excluding diaryl/α,β-unsaturated/α-hetero) is 1.